The van der Waals surface area contributed by atoms with Crippen LogP contribution in [0.2, 0.25) is 5.02 Å². The molecule has 1 atom stereocenters. The maximum absolute atomic E-state index is 12.7. The molecule has 0 fully saturated rings. The van der Waals surface area contributed by atoms with E-state index in [1.807, 2.05) is 4.72 Å². The first kappa shape index (κ1) is 28.1. The van der Waals surface area contributed by atoms with E-state index in [9.17, 15) is 31.5 Å². The van der Waals surface area contributed by atoms with Gasteiger partial charge in [-0.2, -0.15) is 4.72 Å². The average molecular weight is 566 g/mol. The number of nitrogens with one attached hydrogen (secondary N) is 3. The first-order chi connectivity index (χ1) is 17.5. The van der Waals surface area contributed by atoms with E-state index in [4.69, 9.17) is 11.6 Å². The highest BCUT2D eigenvalue weighted by molar-refractivity contribution is 7.90. The zero-order valence-electron chi connectivity index (χ0n) is 19.3. The second-order valence-electron chi connectivity index (χ2n) is 7.86. The first-order valence-corrected chi connectivity index (χ1v) is 14.3. The van der Waals surface area contributed by atoms with Gasteiger partial charge in [0.2, 0.25) is 10.0 Å². The second kappa shape index (κ2) is 12.2. The molecule has 10 nitrogen and oxygen atoms in total. The van der Waals surface area contributed by atoms with Crippen LogP contribution in [0.25, 0.3) is 11.1 Å². The quantitative estimate of drug-likeness (QED) is 0.260. The molecule has 3 rings (SSSR count). The van der Waals surface area contributed by atoms with Crippen molar-refractivity contribution in [2.24, 2.45) is 0 Å². The van der Waals surface area contributed by atoms with Gasteiger partial charge in [0, 0.05) is 11.6 Å². The van der Waals surface area contributed by atoms with Gasteiger partial charge in [0.25, 0.3) is 10.0 Å². The number of rotatable bonds is 11. The Morgan fingerprint density at radius 3 is 1.89 bits per heavy atom. The molecule has 0 unspecified atom stereocenters. The molecule has 4 N–H and O–H groups in total. The van der Waals surface area contributed by atoms with Crippen LogP contribution < -0.4 is 14.8 Å². The Morgan fingerprint density at radius 2 is 1.32 bits per heavy atom. The van der Waals surface area contributed by atoms with E-state index in [0.717, 1.165) is 11.1 Å². The summed E-state index contributed by atoms with van der Waals surface area (Å²) in [6.45, 7) is -0.0859. The van der Waals surface area contributed by atoms with E-state index in [2.05, 4.69) is 10.0 Å². The van der Waals surface area contributed by atoms with Gasteiger partial charge in [-0.05, 0) is 60.4 Å². The van der Waals surface area contributed by atoms with E-state index >= 15 is 0 Å². The molecular formula is C24H24ClN3O7S2. The van der Waals surface area contributed by atoms with Gasteiger partial charge in [-0.15, -0.1) is 0 Å². The maximum atomic E-state index is 12.7. The molecule has 0 heterocycles. The third kappa shape index (κ3) is 8.02. The van der Waals surface area contributed by atoms with Crippen LogP contribution in [0.4, 0.5) is 4.79 Å². The van der Waals surface area contributed by atoms with Crippen LogP contribution in [0, 0.1) is 0 Å². The van der Waals surface area contributed by atoms with Crippen molar-refractivity contribution in [1.82, 2.24) is 14.8 Å². The largest absolute Gasteiger partial charge is 0.480 e. The highest BCUT2D eigenvalue weighted by Gasteiger charge is 2.25. The molecule has 0 aliphatic rings. The number of amides is 2. The maximum Gasteiger partial charge on any atom is 0.328 e. The number of hydrogen-bond acceptors (Lipinski definition) is 6. The molecule has 0 spiro atoms. The molecule has 2 amide bonds. The summed E-state index contributed by atoms with van der Waals surface area (Å²) in [6, 6.07) is 17.8. The van der Waals surface area contributed by atoms with Gasteiger partial charge < -0.3 is 10.4 Å². The highest BCUT2D eigenvalue weighted by Crippen LogP contribution is 2.23. The van der Waals surface area contributed by atoms with Gasteiger partial charge in [-0.1, -0.05) is 54.1 Å². The van der Waals surface area contributed by atoms with Crippen LogP contribution in [0.3, 0.4) is 0 Å². The van der Waals surface area contributed by atoms with Crippen molar-refractivity contribution in [3.8, 4) is 11.1 Å². The number of carbonyl (C=O) groups excluding carboxylic acids is 1. The van der Waals surface area contributed by atoms with Gasteiger partial charge in [0.15, 0.2) is 0 Å². The van der Waals surface area contributed by atoms with Crippen LogP contribution in [-0.4, -0.2) is 46.5 Å². The monoisotopic (exact) mass is 565 g/mol. The number of hydrogen-bond donors (Lipinski definition) is 4. The SMILES string of the molecule is O=C(NCCC[C@H](NS(=O)(=O)c1ccc(-c2ccc(Cl)cc2)cc1)C(=O)O)NS(=O)(=O)c1ccccc1. The summed E-state index contributed by atoms with van der Waals surface area (Å²) < 4.78 is 53.8. The second-order valence-corrected chi connectivity index (χ2v) is 11.7. The number of benzene rings is 3. The minimum atomic E-state index is -4.15. The fourth-order valence-corrected chi connectivity index (χ4v) is 5.58. The van der Waals surface area contributed by atoms with Crippen molar-refractivity contribution in [2.45, 2.75) is 28.7 Å². The summed E-state index contributed by atoms with van der Waals surface area (Å²) in [4.78, 5) is 23.4. The average Bonchev–Trinajstić information content (AvgIpc) is 2.86. The molecule has 0 aromatic heterocycles. The molecule has 3 aromatic carbocycles. The van der Waals surface area contributed by atoms with Gasteiger partial charge in [0.05, 0.1) is 9.79 Å². The van der Waals surface area contributed by atoms with Gasteiger partial charge in [-0.3, -0.25) is 4.79 Å². The van der Waals surface area contributed by atoms with Gasteiger partial charge in [0.1, 0.15) is 6.04 Å². The number of carbonyl (C=O) groups is 2. The first-order valence-electron chi connectivity index (χ1n) is 10.9. The molecule has 0 aliphatic heterocycles. The molecule has 196 valence electrons. The lowest BCUT2D eigenvalue weighted by Gasteiger charge is -2.15. The molecule has 0 saturated heterocycles. The standard InChI is InChI=1S/C24H24ClN3O7S2/c25-19-12-8-17(9-13-19)18-10-14-21(15-11-18)36(32,33)27-22(23(29)30)7-4-16-26-24(31)28-37(34,35)20-5-2-1-3-6-20/h1-3,5-6,8-15,22,27H,4,7,16H2,(H,29,30)(H2,26,28,31)/t22-/m0/s1. The number of urea groups is 1. The molecule has 0 bridgehead atoms. The highest BCUT2D eigenvalue weighted by atomic mass is 35.5. The van der Waals surface area contributed by atoms with Crippen LogP contribution in [0.1, 0.15) is 12.8 Å². The lowest BCUT2D eigenvalue weighted by atomic mass is 10.1. The third-order valence-corrected chi connectivity index (χ3v) is 8.26. The predicted molar refractivity (Wildman–Crippen MR) is 138 cm³/mol. The van der Waals surface area contributed by atoms with Crippen LogP contribution in [0.5, 0.6) is 0 Å². The number of aliphatic carboxylic acids is 1. The molecular weight excluding hydrogens is 542 g/mol. The van der Waals surface area contributed by atoms with Crippen molar-refractivity contribution < 1.29 is 31.5 Å². The summed E-state index contributed by atoms with van der Waals surface area (Å²) in [5, 5.41) is 12.4. The fourth-order valence-electron chi connectivity index (χ4n) is 3.28. The van der Waals surface area contributed by atoms with E-state index in [-0.39, 0.29) is 29.2 Å². The van der Waals surface area contributed by atoms with E-state index < -0.39 is 38.1 Å². The minimum absolute atomic E-state index is 0.0633. The number of halogens is 1. The number of carboxylic acids is 1. The van der Waals surface area contributed by atoms with Crippen molar-refractivity contribution in [1.29, 1.82) is 0 Å². The smallest absolute Gasteiger partial charge is 0.328 e. The Balaban J connectivity index is 1.54. The molecule has 37 heavy (non-hydrogen) atoms. The Bertz CT molecular complexity index is 1450. The summed E-state index contributed by atoms with van der Waals surface area (Å²) in [6.07, 6.45) is -0.0864. The minimum Gasteiger partial charge on any atom is -0.480 e. The molecule has 0 radical (unpaired) electrons. The van der Waals surface area contributed by atoms with Gasteiger partial charge >= 0.3 is 12.0 Å². The van der Waals surface area contributed by atoms with Crippen LogP contribution in [-0.2, 0) is 24.8 Å². The zero-order valence-corrected chi connectivity index (χ0v) is 21.7. The van der Waals surface area contributed by atoms with Crippen molar-refractivity contribution in [3.63, 3.8) is 0 Å². The Hall–Kier alpha value is -3.45. The molecule has 0 aliphatic carbocycles. The normalized spacial score (nSPS) is 12.5. The van der Waals surface area contributed by atoms with E-state index in [1.54, 1.807) is 42.5 Å². The van der Waals surface area contributed by atoms with Crippen LogP contribution >= 0.6 is 11.6 Å². The third-order valence-electron chi connectivity index (χ3n) is 5.17. The van der Waals surface area contributed by atoms with E-state index in [0.29, 0.717) is 5.02 Å². The molecule has 13 heteroatoms. The molecule has 3 aromatic rings. The fraction of sp³-hybridized carbons (Fsp3) is 0.167. The van der Waals surface area contributed by atoms with Crippen LogP contribution in [0.15, 0.2) is 88.7 Å². The van der Waals surface area contributed by atoms with E-state index in [1.165, 1.54) is 36.4 Å². The molecule has 0 saturated carbocycles. The lowest BCUT2D eigenvalue weighted by Crippen LogP contribution is -2.42. The Morgan fingerprint density at radius 1 is 0.784 bits per heavy atom. The summed E-state index contributed by atoms with van der Waals surface area (Å²) >= 11 is 5.88. The topological polar surface area (TPSA) is 159 Å². The van der Waals surface area contributed by atoms with Crippen molar-refractivity contribution in [2.75, 3.05) is 6.54 Å². The van der Waals surface area contributed by atoms with Crippen molar-refractivity contribution >= 4 is 43.6 Å². The summed E-state index contributed by atoms with van der Waals surface area (Å²) in [5.74, 6) is -1.39. The number of carboxylic acid groups (broad SMARTS) is 1. The lowest BCUT2D eigenvalue weighted by molar-refractivity contribution is -0.139. The zero-order chi connectivity index (χ0) is 27.1. The summed E-state index contributed by atoms with van der Waals surface area (Å²) in [5.41, 5.74) is 1.59. The number of sulfonamides is 2. The Kier molecular flexibility index (Phi) is 9.27. The van der Waals surface area contributed by atoms with Crippen molar-refractivity contribution in [3.05, 3.63) is 83.9 Å². The predicted octanol–water partition coefficient (Wildman–Crippen LogP) is 3.21. The summed E-state index contributed by atoms with van der Waals surface area (Å²) in [7, 11) is -8.21. The Labute approximate surface area is 219 Å². The van der Waals surface area contributed by atoms with Gasteiger partial charge in [-0.25, -0.2) is 26.4 Å².